The van der Waals surface area contributed by atoms with Gasteiger partial charge in [-0.2, -0.15) is 0 Å². The maximum atomic E-state index is 10.4. The average Bonchev–Trinajstić information content (AvgIpc) is 1.73. The van der Waals surface area contributed by atoms with Crippen molar-refractivity contribution in [1.82, 2.24) is 10.6 Å². The van der Waals surface area contributed by atoms with Crippen LogP contribution in [0.2, 0.25) is 0 Å². The number of hydrogen-bond donors (Lipinski definition) is 2. The molecule has 34 valence electrons. The van der Waals surface area contributed by atoms with Crippen LogP contribution in [-0.4, -0.2) is 19.0 Å². The third-order valence-electron chi connectivity index (χ3n) is 0.415. The van der Waals surface area contributed by atoms with Crippen LogP contribution in [0.3, 0.4) is 0 Å². The van der Waals surface area contributed by atoms with Crippen LogP contribution in [0.15, 0.2) is 0 Å². The van der Waals surface area contributed by atoms with Gasteiger partial charge in [-0.1, -0.05) is 0 Å². The van der Waals surface area contributed by atoms with Gasteiger partial charge in [0.2, 0.25) is 0 Å². The van der Waals surface area contributed by atoms with Gasteiger partial charge in [-0.15, -0.1) is 0 Å². The van der Waals surface area contributed by atoms with Gasteiger partial charge in [0.25, 0.3) is 0 Å². The quantitative estimate of drug-likeness (QED) is 0.405. The highest BCUT2D eigenvalue weighted by Gasteiger charge is 2.02. The molecule has 0 radical (unpaired) electrons. The second-order valence-corrected chi connectivity index (χ2v) is 0.829. The summed E-state index contributed by atoms with van der Waals surface area (Å²) in [6.07, 6.45) is 0. The van der Waals surface area contributed by atoms with Crippen LogP contribution < -0.4 is 10.6 Å². The highest BCUT2D eigenvalue weighted by molar-refractivity contribution is 5.75. The Morgan fingerprint density at radius 3 is 2.33 bits per heavy atom. The maximum Gasteiger partial charge on any atom is 0.314 e. The summed E-state index contributed by atoms with van der Waals surface area (Å²) in [6.45, 7) is -4.63. The van der Waals surface area contributed by atoms with E-state index in [1.165, 1.54) is 0 Å². The Hall–Kier alpha value is -0.730. The van der Waals surface area contributed by atoms with Gasteiger partial charge in [0.15, 0.2) is 0 Å². The zero-order valence-electron chi connectivity index (χ0n) is 6.91. The van der Waals surface area contributed by atoms with E-state index in [0.717, 1.165) is 0 Å². The molecule has 3 heteroatoms. The Morgan fingerprint density at radius 1 is 1.67 bits per heavy atom. The molecule has 6 heavy (non-hydrogen) atoms. The first kappa shape index (κ1) is 1.12. The predicted octanol–water partition coefficient (Wildman–Crippen LogP) is -0.701. The van der Waals surface area contributed by atoms with Crippen molar-refractivity contribution in [2.24, 2.45) is 0 Å². The monoisotopic (exact) mass is 90.1 g/mol. The third kappa shape index (κ3) is 0.429. The van der Waals surface area contributed by atoms with Crippen molar-refractivity contribution in [3.8, 4) is 0 Å². The van der Waals surface area contributed by atoms with Crippen LogP contribution in [0, 0.1) is 0 Å². The Balaban J connectivity index is 2.88. The number of rotatable bonds is 0. The summed E-state index contributed by atoms with van der Waals surface area (Å²) in [5, 5.41) is 3.58. The van der Waals surface area contributed by atoms with Gasteiger partial charge in [-0.3, -0.25) is 0 Å². The van der Waals surface area contributed by atoms with Crippen molar-refractivity contribution in [2.45, 2.75) is 0 Å². The van der Waals surface area contributed by atoms with E-state index in [9.17, 15) is 4.79 Å². The maximum absolute atomic E-state index is 10.4. The van der Waals surface area contributed by atoms with Gasteiger partial charge in [-0.05, 0) is 0 Å². The molecule has 3 nitrogen and oxygen atoms in total. The van der Waals surface area contributed by atoms with Gasteiger partial charge in [-0.25, -0.2) is 4.79 Å². The number of amides is 2. The molecule has 1 fully saturated rings. The molecule has 1 rings (SSSR count). The summed E-state index contributed by atoms with van der Waals surface area (Å²) in [6, 6.07) is -0.824. The van der Waals surface area contributed by atoms with Crippen molar-refractivity contribution in [3.05, 3.63) is 0 Å². The van der Waals surface area contributed by atoms with Gasteiger partial charge in [0.05, 0.1) is 5.48 Å². The van der Waals surface area contributed by atoms with Crippen LogP contribution in [-0.2, 0) is 0 Å². The van der Waals surface area contributed by atoms with Crippen molar-refractivity contribution < 1.29 is 10.3 Å². The van der Waals surface area contributed by atoms with Crippen LogP contribution in [0.1, 0.15) is 5.48 Å². The lowest BCUT2D eigenvalue weighted by Gasteiger charge is -1.80. The molecular weight excluding hydrogens is 80.0 g/mol. The molecule has 0 unspecified atom stereocenters. The highest BCUT2D eigenvalue weighted by atomic mass is 16.2. The zero-order valence-corrected chi connectivity index (χ0v) is 2.91. The summed E-state index contributed by atoms with van der Waals surface area (Å²) in [5.41, 5.74) is 0. The van der Waals surface area contributed by atoms with E-state index >= 15 is 0 Å². The normalized spacial score (nSPS) is 46.3. The van der Waals surface area contributed by atoms with E-state index in [4.69, 9.17) is 5.48 Å². The standard InChI is InChI=1S/C3H6N2O/c6-3-4-1-2-5-3/h1-2H2,(H2,4,5,6)/i1D2,2D2. The topological polar surface area (TPSA) is 41.1 Å². The van der Waals surface area contributed by atoms with Gasteiger partial charge < -0.3 is 10.6 Å². The van der Waals surface area contributed by atoms with Crippen molar-refractivity contribution in [2.75, 3.05) is 13.0 Å². The summed E-state index contributed by atoms with van der Waals surface area (Å²) < 4.78 is 27.7. The number of carbonyl (C=O) groups excluding carboxylic acids is 1. The molecule has 1 aliphatic rings. The zero-order chi connectivity index (χ0) is 7.99. The summed E-state index contributed by atoms with van der Waals surface area (Å²) >= 11 is 0. The number of carbonyl (C=O) groups is 1. The van der Waals surface area contributed by atoms with E-state index in [1.807, 2.05) is 0 Å². The molecular formula is C3H6N2O. The highest BCUT2D eigenvalue weighted by Crippen LogP contribution is 1.69. The van der Waals surface area contributed by atoms with Crippen LogP contribution >= 0.6 is 0 Å². The third-order valence-corrected chi connectivity index (χ3v) is 0.415. The SMILES string of the molecule is [2H]C1([2H])NC(=O)NC1([2H])[2H]. The molecule has 0 atom stereocenters. The molecule has 1 heterocycles. The first-order valence-electron chi connectivity index (χ1n) is 3.45. The molecule has 0 aromatic carbocycles. The first-order valence-corrected chi connectivity index (χ1v) is 1.45. The average molecular weight is 90.1 g/mol. The first-order chi connectivity index (χ1) is 4.35. The Bertz CT molecular complexity index is 161. The van der Waals surface area contributed by atoms with E-state index in [0.29, 0.717) is 0 Å². The molecule has 0 saturated carbocycles. The van der Waals surface area contributed by atoms with E-state index in [1.54, 1.807) is 10.6 Å². The summed E-state index contributed by atoms with van der Waals surface area (Å²) in [4.78, 5) is 10.4. The summed E-state index contributed by atoms with van der Waals surface area (Å²) in [7, 11) is 0. The van der Waals surface area contributed by atoms with Crippen molar-refractivity contribution in [1.29, 1.82) is 0 Å². The molecule has 0 aliphatic carbocycles. The number of hydrogen-bond acceptors (Lipinski definition) is 1. The van der Waals surface area contributed by atoms with E-state index in [2.05, 4.69) is 0 Å². The van der Waals surface area contributed by atoms with Crippen LogP contribution in [0.4, 0.5) is 4.79 Å². The predicted molar refractivity (Wildman–Crippen MR) is 21.4 cm³/mol. The van der Waals surface area contributed by atoms with Crippen molar-refractivity contribution >= 4 is 6.03 Å². The van der Waals surface area contributed by atoms with E-state index < -0.39 is 19.0 Å². The smallest absolute Gasteiger partial charge is 0.314 e. The van der Waals surface area contributed by atoms with E-state index in [-0.39, 0.29) is 0 Å². The minimum Gasteiger partial charge on any atom is -0.336 e. The Morgan fingerprint density at radius 2 is 2.17 bits per heavy atom. The number of urea groups is 1. The fourth-order valence-corrected chi connectivity index (χ4v) is 0.207. The molecule has 0 aromatic heterocycles. The molecule has 0 spiro atoms. The fourth-order valence-electron chi connectivity index (χ4n) is 0.207. The minimum absolute atomic E-state index is 0.824. The largest absolute Gasteiger partial charge is 0.336 e. The van der Waals surface area contributed by atoms with Gasteiger partial charge in [0, 0.05) is 13.0 Å². The molecule has 1 saturated heterocycles. The molecule has 2 amide bonds. The molecule has 1 aliphatic heterocycles. The molecule has 0 bridgehead atoms. The number of nitrogens with one attached hydrogen (secondary N) is 2. The second-order valence-electron chi connectivity index (χ2n) is 0.829. The van der Waals surface area contributed by atoms with Gasteiger partial charge in [0.1, 0.15) is 0 Å². The second kappa shape index (κ2) is 1.16. The van der Waals surface area contributed by atoms with Crippen LogP contribution in [0.25, 0.3) is 0 Å². The fraction of sp³-hybridized carbons (Fsp3) is 0.667. The lowest BCUT2D eigenvalue weighted by molar-refractivity contribution is 0.248. The van der Waals surface area contributed by atoms with Crippen molar-refractivity contribution in [3.63, 3.8) is 0 Å². The lowest BCUT2D eigenvalue weighted by atomic mass is 10.7. The lowest BCUT2D eigenvalue weighted by Crippen LogP contribution is -2.20. The van der Waals surface area contributed by atoms with Gasteiger partial charge >= 0.3 is 6.03 Å². The Labute approximate surface area is 41.3 Å². The Kier molecular flexibility index (Phi) is 0.216. The summed E-state index contributed by atoms with van der Waals surface area (Å²) in [5.74, 6) is 0. The molecule has 2 N–H and O–H groups in total. The minimum atomic E-state index is -2.32. The molecule has 0 aromatic rings. The van der Waals surface area contributed by atoms with Crippen LogP contribution in [0.5, 0.6) is 0 Å².